The summed E-state index contributed by atoms with van der Waals surface area (Å²) in [6, 6.07) is 7.77. The average molecular weight is 395 g/mol. The van der Waals surface area contributed by atoms with E-state index in [4.69, 9.17) is 4.74 Å². The van der Waals surface area contributed by atoms with Gasteiger partial charge in [0, 0.05) is 24.0 Å². The molecule has 1 aromatic rings. The maximum Gasteiger partial charge on any atom is 0.227 e. The second-order valence-electron chi connectivity index (χ2n) is 7.01. The molecule has 2 aliphatic rings. The van der Waals surface area contributed by atoms with E-state index in [-0.39, 0.29) is 11.8 Å². The van der Waals surface area contributed by atoms with Gasteiger partial charge in [-0.05, 0) is 72.8 Å². The Kier molecular flexibility index (Phi) is 6.31. The lowest BCUT2D eigenvalue weighted by Gasteiger charge is -2.38. The zero-order chi connectivity index (χ0) is 16.9. The summed E-state index contributed by atoms with van der Waals surface area (Å²) in [7, 11) is 1.83. The number of carbonyl (C=O) groups is 1. The van der Waals surface area contributed by atoms with Crippen molar-refractivity contribution >= 4 is 27.5 Å². The van der Waals surface area contributed by atoms with Crippen molar-refractivity contribution in [3.8, 4) is 0 Å². The maximum atomic E-state index is 12.5. The van der Waals surface area contributed by atoms with Crippen LogP contribution >= 0.6 is 15.9 Å². The molecule has 1 aliphatic heterocycles. The minimum atomic E-state index is 0.109. The van der Waals surface area contributed by atoms with E-state index in [1.807, 2.05) is 31.4 Å². The van der Waals surface area contributed by atoms with Crippen LogP contribution in [0.25, 0.3) is 0 Å². The minimum absolute atomic E-state index is 0.109. The number of anilines is 1. The third kappa shape index (κ3) is 4.38. The Morgan fingerprint density at radius 3 is 2.58 bits per heavy atom. The molecule has 3 rings (SSSR count). The van der Waals surface area contributed by atoms with Crippen LogP contribution in [-0.2, 0) is 9.53 Å². The topological polar surface area (TPSA) is 41.6 Å². The predicted molar refractivity (Wildman–Crippen MR) is 100 cm³/mol. The molecule has 1 unspecified atom stereocenters. The Hall–Kier alpha value is -0.910. The zero-order valence-corrected chi connectivity index (χ0v) is 15.9. The van der Waals surface area contributed by atoms with Gasteiger partial charge in [-0.1, -0.05) is 18.6 Å². The molecule has 4 nitrogen and oxygen atoms in total. The monoisotopic (exact) mass is 394 g/mol. The van der Waals surface area contributed by atoms with Crippen LogP contribution in [-0.4, -0.2) is 43.7 Å². The smallest absolute Gasteiger partial charge is 0.227 e. The molecule has 0 spiro atoms. The molecule has 1 saturated carbocycles. The lowest BCUT2D eigenvalue weighted by atomic mass is 9.80. The zero-order valence-electron chi connectivity index (χ0n) is 14.3. The standard InChI is InChI=1S/C19H27BrN2O2/c1-24-18(14-5-4-6-14)13-22-11-9-15(10-12-22)19(23)21-17-8-3-2-7-16(17)20/h2-3,7-8,14-15,18H,4-6,9-13H2,1H3,(H,21,23). The first-order valence-electron chi connectivity index (χ1n) is 8.98. The molecular formula is C19H27BrN2O2. The van der Waals surface area contributed by atoms with Crippen molar-refractivity contribution in [3.05, 3.63) is 28.7 Å². The molecule has 1 aliphatic carbocycles. The van der Waals surface area contributed by atoms with E-state index in [1.165, 1.54) is 19.3 Å². The van der Waals surface area contributed by atoms with Gasteiger partial charge in [0.05, 0.1) is 11.8 Å². The molecule has 1 aromatic carbocycles. The Bertz CT molecular complexity index is 554. The summed E-state index contributed by atoms with van der Waals surface area (Å²) < 4.78 is 6.63. The van der Waals surface area contributed by atoms with Gasteiger partial charge in [-0.25, -0.2) is 0 Å². The van der Waals surface area contributed by atoms with Crippen molar-refractivity contribution in [2.45, 2.75) is 38.2 Å². The molecule has 1 amide bonds. The number of likely N-dealkylation sites (tertiary alicyclic amines) is 1. The molecular weight excluding hydrogens is 368 g/mol. The van der Waals surface area contributed by atoms with Crippen molar-refractivity contribution in [1.82, 2.24) is 4.90 Å². The highest BCUT2D eigenvalue weighted by Gasteiger charge is 2.31. The lowest BCUT2D eigenvalue weighted by Crippen LogP contribution is -2.45. The van der Waals surface area contributed by atoms with E-state index in [2.05, 4.69) is 26.1 Å². The number of nitrogens with one attached hydrogen (secondary N) is 1. The normalized spacial score (nSPS) is 21.2. The van der Waals surface area contributed by atoms with Gasteiger partial charge in [0.2, 0.25) is 5.91 Å². The molecule has 0 aromatic heterocycles. The second-order valence-corrected chi connectivity index (χ2v) is 7.86. The van der Waals surface area contributed by atoms with Crippen LogP contribution in [0.4, 0.5) is 5.69 Å². The fourth-order valence-electron chi connectivity index (χ4n) is 3.66. The number of nitrogens with zero attached hydrogens (tertiary/aromatic N) is 1. The largest absolute Gasteiger partial charge is 0.380 e. The van der Waals surface area contributed by atoms with Gasteiger partial charge in [0.15, 0.2) is 0 Å². The van der Waals surface area contributed by atoms with Crippen LogP contribution in [0.3, 0.4) is 0 Å². The molecule has 0 radical (unpaired) electrons. The van der Waals surface area contributed by atoms with Gasteiger partial charge in [-0.2, -0.15) is 0 Å². The highest BCUT2D eigenvalue weighted by molar-refractivity contribution is 9.10. The summed E-state index contributed by atoms with van der Waals surface area (Å²) >= 11 is 3.48. The summed E-state index contributed by atoms with van der Waals surface area (Å²) in [6.45, 7) is 2.99. The van der Waals surface area contributed by atoms with Crippen molar-refractivity contribution in [3.63, 3.8) is 0 Å². The predicted octanol–water partition coefficient (Wildman–Crippen LogP) is 3.91. The quantitative estimate of drug-likeness (QED) is 0.794. The van der Waals surface area contributed by atoms with Crippen LogP contribution < -0.4 is 5.32 Å². The minimum Gasteiger partial charge on any atom is -0.380 e. The van der Waals surface area contributed by atoms with Crippen molar-refractivity contribution in [2.24, 2.45) is 11.8 Å². The first-order valence-corrected chi connectivity index (χ1v) is 9.77. The summed E-state index contributed by atoms with van der Waals surface area (Å²) in [5.41, 5.74) is 0.856. The first kappa shape index (κ1) is 17.9. The average Bonchev–Trinajstić information content (AvgIpc) is 2.55. The van der Waals surface area contributed by atoms with E-state index < -0.39 is 0 Å². The SMILES string of the molecule is COC(CN1CCC(C(=O)Nc2ccccc2Br)CC1)C1CCC1. The van der Waals surface area contributed by atoms with Crippen LogP contribution in [0.15, 0.2) is 28.7 Å². The molecule has 132 valence electrons. The lowest BCUT2D eigenvalue weighted by molar-refractivity contribution is -0.121. The number of halogens is 1. The fourth-order valence-corrected chi connectivity index (χ4v) is 4.04. The number of rotatable bonds is 6. The number of piperidine rings is 1. The number of amides is 1. The number of para-hydroxylation sites is 1. The van der Waals surface area contributed by atoms with Gasteiger partial charge >= 0.3 is 0 Å². The summed E-state index contributed by atoms with van der Waals surface area (Å²) in [4.78, 5) is 15.0. The van der Waals surface area contributed by atoms with E-state index in [1.54, 1.807) is 0 Å². The molecule has 1 heterocycles. The molecule has 1 saturated heterocycles. The molecule has 24 heavy (non-hydrogen) atoms. The highest BCUT2D eigenvalue weighted by atomic mass is 79.9. The number of hydrogen-bond donors (Lipinski definition) is 1. The van der Waals surface area contributed by atoms with Crippen LogP contribution in [0, 0.1) is 11.8 Å². The Balaban J connectivity index is 1.46. The number of hydrogen-bond acceptors (Lipinski definition) is 3. The number of ether oxygens (including phenoxy) is 1. The van der Waals surface area contributed by atoms with E-state index in [0.717, 1.165) is 48.6 Å². The van der Waals surface area contributed by atoms with Gasteiger partial charge < -0.3 is 15.0 Å². The van der Waals surface area contributed by atoms with E-state index in [0.29, 0.717) is 6.10 Å². The van der Waals surface area contributed by atoms with Gasteiger partial charge in [0.1, 0.15) is 0 Å². The summed E-state index contributed by atoms with van der Waals surface area (Å²) in [6.07, 6.45) is 6.19. The summed E-state index contributed by atoms with van der Waals surface area (Å²) in [5.74, 6) is 0.994. The van der Waals surface area contributed by atoms with E-state index in [9.17, 15) is 4.79 Å². The number of carbonyl (C=O) groups excluding carboxylic acids is 1. The second kappa shape index (κ2) is 8.45. The van der Waals surface area contributed by atoms with Gasteiger partial charge in [0.25, 0.3) is 0 Å². The third-order valence-electron chi connectivity index (χ3n) is 5.51. The van der Waals surface area contributed by atoms with Crippen LogP contribution in [0.5, 0.6) is 0 Å². The maximum absolute atomic E-state index is 12.5. The molecule has 0 bridgehead atoms. The first-order chi connectivity index (χ1) is 11.7. The molecule has 2 fully saturated rings. The highest BCUT2D eigenvalue weighted by Crippen LogP contribution is 2.32. The molecule has 5 heteroatoms. The molecule has 1 atom stereocenters. The third-order valence-corrected chi connectivity index (χ3v) is 6.20. The Morgan fingerprint density at radius 2 is 2.00 bits per heavy atom. The van der Waals surface area contributed by atoms with E-state index >= 15 is 0 Å². The van der Waals surface area contributed by atoms with Gasteiger partial charge in [-0.3, -0.25) is 4.79 Å². The fraction of sp³-hybridized carbons (Fsp3) is 0.632. The molecule has 1 N–H and O–H groups in total. The van der Waals surface area contributed by atoms with Gasteiger partial charge in [-0.15, -0.1) is 0 Å². The Morgan fingerprint density at radius 1 is 1.29 bits per heavy atom. The Labute approximate surface area is 153 Å². The van der Waals surface area contributed by atoms with Crippen LogP contribution in [0.1, 0.15) is 32.1 Å². The number of methoxy groups -OCH3 is 1. The number of benzene rings is 1. The summed E-state index contributed by atoms with van der Waals surface area (Å²) in [5, 5.41) is 3.05. The van der Waals surface area contributed by atoms with Crippen molar-refractivity contribution in [1.29, 1.82) is 0 Å². The van der Waals surface area contributed by atoms with Crippen molar-refractivity contribution < 1.29 is 9.53 Å². The van der Waals surface area contributed by atoms with Crippen LogP contribution in [0.2, 0.25) is 0 Å². The van der Waals surface area contributed by atoms with Crippen molar-refractivity contribution in [2.75, 3.05) is 32.1 Å².